The van der Waals surface area contributed by atoms with Gasteiger partial charge in [0, 0.05) is 45.7 Å². The third kappa shape index (κ3) is 5.03. The maximum absolute atomic E-state index is 12.8. The molecular formula is C20H25N5O2. The van der Waals surface area contributed by atoms with E-state index in [9.17, 15) is 9.59 Å². The summed E-state index contributed by atoms with van der Waals surface area (Å²) in [6.45, 7) is 6.24. The van der Waals surface area contributed by atoms with Crippen LogP contribution in [-0.2, 0) is 11.2 Å². The van der Waals surface area contributed by atoms with Gasteiger partial charge in [-0.25, -0.2) is 9.97 Å². The lowest BCUT2D eigenvalue weighted by molar-refractivity contribution is -0.130. The highest BCUT2D eigenvalue weighted by Crippen LogP contribution is 2.12. The summed E-state index contributed by atoms with van der Waals surface area (Å²) < 4.78 is 0. The summed E-state index contributed by atoms with van der Waals surface area (Å²) >= 11 is 0. The minimum atomic E-state index is -0.116. The standard InChI is InChI=1S/C20H25N5O2/c1-15-22-18(20(27)25-12-10-24(11-13-25)16(2)26)14-19(23-15)21-9-8-17-6-4-3-5-7-17/h3-7,14H,8-13H2,1-2H3,(H,21,22,23). The maximum Gasteiger partial charge on any atom is 0.272 e. The van der Waals surface area contributed by atoms with Crippen LogP contribution in [0.4, 0.5) is 5.82 Å². The monoisotopic (exact) mass is 367 g/mol. The first-order valence-electron chi connectivity index (χ1n) is 9.21. The number of amides is 2. The summed E-state index contributed by atoms with van der Waals surface area (Å²) in [5, 5.41) is 3.28. The molecule has 7 heteroatoms. The quantitative estimate of drug-likeness (QED) is 0.871. The molecule has 1 aromatic heterocycles. The zero-order chi connectivity index (χ0) is 19.2. The van der Waals surface area contributed by atoms with E-state index in [0.717, 1.165) is 13.0 Å². The number of rotatable bonds is 5. The van der Waals surface area contributed by atoms with E-state index in [-0.39, 0.29) is 11.8 Å². The van der Waals surface area contributed by atoms with Crippen LogP contribution in [0, 0.1) is 6.92 Å². The van der Waals surface area contributed by atoms with Crippen LogP contribution >= 0.6 is 0 Å². The first kappa shape index (κ1) is 18.8. The lowest BCUT2D eigenvalue weighted by Crippen LogP contribution is -2.50. The Labute approximate surface area is 159 Å². The average molecular weight is 367 g/mol. The number of nitrogens with zero attached hydrogens (tertiary/aromatic N) is 4. The summed E-state index contributed by atoms with van der Waals surface area (Å²) in [6.07, 6.45) is 0.875. The Bertz CT molecular complexity index is 801. The SMILES string of the molecule is CC(=O)N1CCN(C(=O)c2cc(NCCc3ccccc3)nc(C)n2)CC1. The summed E-state index contributed by atoms with van der Waals surface area (Å²) in [5.74, 6) is 1.15. The Morgan fingerprint density at radius 2 is 1.70 bits per heavy atom. The third-order valence-corrected chi connectivity index (χ3v) is 4.63. The van der Waals surface area contributed by atoms with Gasteiger partial charge in [0.15, 0.2) is 0 Å². The van der Waals surface area contributed by atoms with Crippen molar-refractivity contribution in [3.05, 3.63) is 53.5 Å². The highest BCUT2D eigenvalue weighted by atomic mass is 16.2. The Balaban J connectivity index is 1.61. The normalized spacial score (nSPS) is 14.1. The number of hydrogen-bond acceptors (Lipinski definition) is 5. The highest BCUT2D eigenvalue weighted by molar-refractivity contribution is 5.93. The van der Waals surface area contributed by atoms with Gasteiger partial charge in [-0.05, 0) is 18.9 Å². The van der Waals surface area contributed by atoms with E-state index in [1.54, 1.807) is 29.7 Å². The lowest BCUT2D eigenvalue weighted by Gasteiger charge is -2.34. The first-order valence-corrected chi connectivity index (χ1v) is 9.21. The van der Waals surface area contributed by atoms with Crippen molar-refractivity contribution in [3.8, 4) is 0 Å². The molecular weight excluding hydrogens is 342 g/mol. The van der Waals surface area contributed by atoms with Gasteiger partial charge < -0.3 is 15.1 Å². The lowest BCUT2D eigenvalue weighted by atomic mass is 10.1. The van der Waals surface area contributed by atoms with Crippen LogP contribution in [0.3, 0.4) is 0 Å². The number of aryl methyl sites for hydroxylation is 1. The predicted molar refractivity (Wildman–Crippen MR) is 104 cm³/mol. The second-order valence-electron chi connectivity index (χ2n) is 6.65. The molecule has 27 heavy (non-hydrogen) atoms. The third-order valence-electron chi connectivity index (χ3n) is 4.63. The summed E-state index contributed by atoms with van der Waals surface area (Å²) in [6, 6.07) is 11.9. The van der Waals surface area contributed by atoms with Crippen molar-refractivity contribution in [1.29, 1.82) is 0 Å². The Kier molecular flexibility index (Phi) is 6.01. The molecule has 7 nitrogen and oxygen atoms in total. The molecule has 3 rings (SSSR count). The van der Waals surface area contributed by atoms with Crippen LogP contribution < -0.4 is 5.32 Å². The van der Waals surface area contributed by atoms with Gasteiger partial charge in [0.25, 0.3) is 5.91 Å². The van der Waals surface area contributed by atoms with Gasteiger partial charge in [-0.1, -0.05) is 30.3 Å². The van der Waals surface area contributed by atoms with Gasteiger partial charge in [0.2, 0.25) is 5.91 Å². The van der Waals surface area contributed by atoms with E-state index >= 15 is 0 Å². The second-order valence-corrected chi connectivity index (χ2v) is 6.65. The fourth-order valence-corrected chi connectivity index (χ4v) is 3.13. The van der Waals surface area contributed by atoms with E-state index < -0.39 is 0 Å². The predicted octanol–water partition coefficient (Wildman–Crippen LogP) is 1.74. The molecule has 0 radical (unpaired) electrons. The fraction of sp³-hybridized carbons (Fsp3) is 0.400. The zero-order valence-electron chi connectivity index (χ0n) is 15.8. The molecule has 1 aromatic carbocycles. The van der Waals surface area contributed by atoms with Crippen molar-refractivity contribution in [1.82, 2.24) is 19.8 Å². The summed E-state index contributed by atoms with van der Waals surface area (Å²) in [7, 11) is 0. The van der Waals surface area contributed by atoms with Crippen molar-refractivity contribution in [2.75, 3.05) is 38.0 Å². The number of carbonyl (C=O) groups is 2. The number of anilines is 1. The van der Waals surface area contributed by atoms with Gasteiger partial charge in [-0.2, -0.15) is 0 Å². The van der Waals surface area contributed by atoms with E-state index in [0.29, 0.717) is 43.5 Å². The molecule has 2 amide bonds. The molecule has 2 aromatic rings. The second kappa shape index (κ2) is 8.62. The van der Waals surface area contributed by atoms with Crippen molar-refractivity contribution < 1.29 is 9.59 Å². The molecule has 1 fully saturated rings. The fourth-order valence-electron chi connectivity index (χ4n) is 3.13. The van der Waals surface area contributed by atoms with Crippen molar-refractivity contribution >= 4 is 17.6 Å². The largest absolute Gasteiger partial charge is 0.370 e. The molecule has 142 valence electrons. The number of aromatic nitrogens is 2. The molecule has 0 bridgehead atoms. The van der Waals surface area contributed by atoms with Gasteiger partial charge in [0.05, 0.1) is 0 Å². The molecule has 1 aliphatic heterocycles. The van der Waals surface area contributed by atoms with Crippen LogP contribution in [0.2, 0.25) is 0 Å². The van der Waals surface area contributed by atoms with Crippen LogP contribution in [0.1, 0.15) is 28.8 Å². The Hall–Kier alpha value is -2.96. The molecule has 0 spiro atoms. The molecule has 0 unspecified atom stereocenters. The Morgan fingerprint density at radius 1 is 1.04 bits per heavy atom. The minimum absolute atomic E-state index is 0.0462. The van der Waals surface area contributed by atoms with Crippen LogP contribution in [0.15, 0.2) is 36.4 Å². The van der Waals surface area contributed by atoms with Crippen molar-refractivity contribution in [3.63, 3.8) is 0 Å². The first-order chi connectivity index (χ1) is 13.0. The van der Waals surface area contributed by atoms with E-state index in [2.05, 4.69) is 27.4 Å². The van der Waals surface area contributed by atoms with Gasteiger partial charge >= 0.3 is 0 Å². The van der Waals surface area contributed by atoms with Crippen LogP contribution in [0.5, 0.6) is 0 Å². The van der Waals surface area contributed by atoms with E-state index in [4.69, 9.17) is 0 Å². The topological polar surface area (TPSA) is 78.4 Å². The van der Waals surface area contributed by atoms with Gasteiger partial charge in [0.1, 0.15) is 17.3 Å². The molecule has 0 aliphatic carbocycles. The summed E-state index contributed by atoms with van der Waals surface area (Å²) in [4.78, 5) is 36.4. The van der Waals surface area contributed by atoms with E-state index in [1.807, 2.05) is 18.2 Å². The number of benzene rings is 1. The maximum atomic E-state index is 12.8. The van der Waals surface area contributed by atoms with Crippen molar-refractivity contribution in [2.45, 2.75) is 20.3 Å². The number of piperazine rings is 1. The molecule has 0 saturated carbocycles. The Morgan fingerprint density at radius 3 is 2.37 bits per heavy atom. The molecule has 1 aliphatic rings. The zero-order valence-corrected chi connectivity index (χ0v) is 15.8. The smallest absolute Gasteiger partial charge is 0.272 e. The minimum Gasteiger partial charge on any atom is -0.370 e. The number of hydrogen-bond donors (Lipinski definition) is 1. The van der Waals surface area contributed by atoms with E-state index in [1.165, 1.54) is 5.56 Å². The number of nitrogens with one attached hydrogen (secondary N) is 1. The summed E-state index contributed by atoms with van der Waals surface area (Å²) in [5.41, 5.74) is 1.64. The van der Waals surface area contributed by atoms with Crippen LogP contribution in [0.25, 0.3) is 0 Å². The molecule has 1 saturated heterocycles. The highest BCUT2D eigenvalue weighted by Gasteiger charge is 2.24. The van der Waals surface area contributed by atoms with Crippen molar-refractivity contribution in [2.24, 2.45) is 0 Å². The molecule has 1 N–H and O–H groups in total. The molecule has 0 atom stereocenters. The van der Waals surface area contributed by atoms with Gasteiger partial charge in [-0.15, -0.1) is 0 Å². The average Bonchev–Trinajstić information content (AvgIpc) is 2.68. The number of carbonyl (C=O) groups excluding carboxylic acids is 2. The van der Waals surface area contributed by atoms with Crippen LogP contribution in [-0.4, -0.2) is 64.3 Å². The van der Waals surface area contributed by atoms with Gasteiger partial charge in [-0.3, -0.25) is 9.59 Å². The molecule has 2 heterocycles.